The summed E-state index contributed by atoms with van der Waals surface area (Å²) in [4.78, 5) is 11.6. The van der Waals surface area contributed by atoms with Crippen molar-refractivity contribution >= 4 is 18.6 Å². The maximum atomic E-state index is 11.6. The monoisotopic (exact) mass is 399 g/mol. The highest BCUT2D eigenvalue weighted by atomic mass is 31.2. The Morgan fingerprint density at radius 2 is 2.07 bits per heavy atom. The first-order chi connectivity index (χ1) is 13.0. The van der Waals surface area contributed by atoms with E-state index < -0.39 is 7.60 Å². The normalized spacial score (nSPS) is 13.8. The summed E-state index contributed by atoms with van der Waals surface area (Å²) in [7, 11) is -2.07. The van der Waals surface area contributed by atoms with Crippen LogP contribution in [0.25, 0.3) is 11.0 Å². The third-order valence-corrected chi connectivity index (χ3v) is 5.86. The molecule has 2 aromatic rings. The molecule has 0 aliphatic rings. The van der Waals surface area contributed by atoms with Crippen LogP contribution >= 0.6 is 7.60 Å². The van der Waals surface area contributed by atoms with Crippen molar-refractivity contribution in [2.75, 3.05) is 33.1 Å². The standard InChI is InChI=1S/C18H30N3O5P/c1-4-20-17-13-15(25-10-6-12-27(22,23)26-5-2)7-8-16(17)21(9-11-24-3)18(20)14-19/h7-8,13H,4-6,9-12,14,19H2,1-3H3. The van der Waals surface area contributed by atoms with Gasteiger partial charge in [-0.3, -0.25) is 0 Å². The van der Waals surface area contributed by atoms with Gasteiger partial charge in [-0.1, -0.05) is 0 Å². The summed E-state index contributed by atoms with van der Waals surface area (Å²) in [5.41, 5.74) is 8.09. The van der Waals surface area contributed by atoms with Crippen molar-refractivity contribution in [1.29, 1.82) is 0 Å². The second kappa shape index (κ2) is 10.2. The maximum Gasteiger partial charge on any atom is 0.271 e. The number of aromatic nitrogens is 2. The lowest BCUT2D eigenvalue weighted by molar-refractivity contribution is -0.681. The lowest BCUT2D eigenvalue weighted by atomic mass is 10.3. The smallest absolute Gasteiger partial charge is 0.271 e. The minimum atomic E-state index is -3.75. The molecule has 1 aromatic carbocycles. The van der Waals surface area contributed by atoms with Crippen LogP contribution in [0.3, 0.4) is 0 Å². The number of methoxy groups -OCH3 is 1. The van der Waals surface area contributed by atoms with Gasteiger partial charge in [0.15, 0.2) is 11.0 Å². The van der Waals surface area contributed by atoms with E-state index in [0.29, 0.717) is 31.9 Å². The quantitative estimate of drug-likeness (QED) is 0.329. The molecule has 0 spiro atoms. The van der Waals surface area contributed by atoms with Crippen molar-refractivity contribution in [2.24, 2.45) is 5.73 Å². The predicted octanol–water partition coefficient (Wildman–Crippen LogP) is 1.41. The first-order valence-electron chi connectivity index (χ1n) is 9.28. The molecule has 2 N–H and O–H groups in total. The van der Waals surface area contributed by atoms with E-state index in [4.69, 9.17) is 19.7 Å². The van der Waals surface area contributed by atoms with Crippen LogP contribution in [0.1, 0.15) is 26.1 Å². The van der Waals surface area contributed by atoms with Gasteiger partial charge in [-0.05, 0) is 32.4 Å². The van der Waals surface area contributed by atoms with Crippen LogP contribution in [0.2, 0.25) is 0 Å². The molecular formula is C18H30N3O5P. The van der Waals surface area contributed by atoms with E-state index >= 15 is 0 Å². The summed E-state index contributed by atoms with van der Waals surface area (Å²) in [5, 5.41) is 0. The highest BCUT2D eigenvalue weighted by molar-refractivity contribution is 7.51. The molecule has 1 heterocycles. The molecule has 0 saturated carbocycles. The summed E-state index contributed by atoms with van der Waals surface area (Å²) in [5.74, 6) is 1.74. The molecule has 0 bridgehead atoms. The Morgan fingerprint density at radius 3 is 2.70 bits per heavy atom. The average molecular weight is 399 g/mol. The van der Waals surface area contributed by atoms with Crippen LogP contribution in [-0.2, 0) is 33.5 Å². The Kier molecular flexibility index (Phi) is 8.26. The van der Waals surface area contributed by atoms with Crippen molar-refractivity contribution < 1.29 is 28.0 Å². The van der Waals surface area contributed by atoms with Crippen molar-refractivity contribution in [1.82, 2.24) is 4.57 Å². The van der Waals surface area contributed by atoms with Crippen molar-refractivity contribution in [3.8, 4) is 5.75 Å². The lowest BCUT2D eigenvalue weighted by Gasteiger charge is -2.22. The number of aryl methyl sites for hydroxylation is 1. The largest absolute Gasteiger partial charge is 0.778 e. The molecule has 1 aromatic heterocycles. The lowest BCUT2D eigenvalue weighted by Crippen LogP contribution is -2.41. The minimum absolute atomic E-state index is 0.0250. The SMILES string of the molecule is CCOP(=O)([O-])CCCOc1ccc2c(c1)n(CC)c(CN)[n+]2CCOC. The van der Waals surface area contributed by atoms with E-state index in [1.165, 1.54) is 0 Å². The first kappa shape index (κ1) is 21.9. The Balaban J connectivity index is 2.15. The van der Waals surface area contributed by atoms with Crippen LogP contribution in [0, 0.1) is 0 Å². The molecule has 0 aliphatic carbocycles. The number of hydrogen-bond acceptors (Lipinski definition) is 6. The van der Waals surface area contributed by atoms with Gasteiger partial charge in [0.05, 0.1) is 32.9 Å². The van der Waals surface area contributed by atoms with Crippen LogP contribution in [0.4, 0.5) is 0 Å². The number of hydrogen-bond donors (Lipinski definition) is 1. The van der Waals surface area contributed by atoms with E-state index in [0.717, 1.165) is 29.9 Å². The van der Waals surface area contributed by atoms with Crippen molar-refractivity contribution in [2.45, 2.75) is 39.9 Å². The number of ether oxygens (including phenoxy) is 2. The zero-order valence-corrected chi connectivity index (χ0v) is 17.2. The van der Waals surface area contributed by atoms with Gasteiger partial charge in [0.25, 0.3) is 5.82 Å². The van der Waals surface area contributed by atoms with E-state index in [2.05, 4.69) is 16.1 Å². The zero-order valence-electron chi connectivity index (χ0n) is 16.3. The maximum absolute atomic E-state index is 11.6. The fraction of sp³-hybridized carbons (Fsp3) is 0.611. The molecule has 0 saturated heterocycles. The number of rotatable bonds is 12. The molecule has 1 atom stereocenters. The summed E-state index contributed by atoms with van der Waals surface area (Å²) >= 11 is 0. The van der Waals surface area contributed by atoms with Gasteiger partial charge < -0.3 is 29.2 Å². The number of imidazole rings is 1. The van der Waals surface area contributed by atoms with Gasteiger partial charge >= 0.3 is 0 Å². The third kappa shape index (κ3) is 5.53. The molecule has 2 rings (SSSR count). The number of nitrogens with zero attached hydrogens (tertiary/aromatic N) is 2. The Labute approximate surface area is 160 Å². The molecule has 0 amide bonds. The van der Waals surface area contributed by atoms with E-state index in [9.17, 15) is 9.46 Å². The zero-order chi connectivity index (χ0) is 19.9. The molecule has 152 valence electrons. The minimum Gasteiger partial charge on any atom is -0.778 e. The molecule has 0 aliphatic heterocycles. The second-order valence-electron chi connectivity index (χ2n) is 6.11. The molecule has 0 fully saturated rings. The molecule has 8 nitrogen and oxygen atoms in total. The van der Waals surface area contributed by atoms with E-state index in [-0.39, 0.29) is 12.8 Å². The third-order valence-electron chi connectivity index (χ3n) is 4.34. The predicted molar refractivity (Wildman–Crippen MR) is 102 cm³/mol. The van der Waals surface area contributed by atoms with Crippen LogP contribution in [-0.4, -0.2) is 37.7 Å². The average Bonchev–Trinajstić information content (AvgIpc) is 2.95. The fourth-order valence-electron chi connectivity index (χ4n) is 3.18. The van der Waals surface area contributed by atoms with Crippen LogP contribution < -0.4 is 19.9 Å². The van der Waals surface area contributed by atoms with E-state index in [1.807, 2.05) is 18.2 Å². The summed E-state index contributed by atoms with van der Waals surface area (Å²) in [6.45, 7) is 6.76. The van der Waals surface area contributed by atoms with Crippen LogP contribution in [0.15, 0.2) is 18.2 Å². The van der Waals surface area contributed by atoms with Gasteiger partial charge in [-0.15, -0.1) is 0 Å². The topological polar surface area (TPSA) is 103 Å². The molecule has 0 radical (unpaired) electrons. The number of nitrogens with two attached hydrogens (primary N) is 1. The Hall–Kier alpha value is -1.44. The second-order valence-corrected chi connectivity index (χ2v) is 8.04. The molecular weight excluding hydrogens is 369 g/mol. The van der Waals surface area contributed by atoms with Gasteiger partial charge in [0.1, 0.15) is 19.9 Å². The summed E-state index contributed by atoms with van der Waals surface area (Å²) in [6.07, 6.45) is 0.359. The van der Waals surface area contributed by atoms with E-state index in [1.54, 1.807) is 14.0 Å². The molecule has 9 heteroatoms. The van der Waals surface area contributed by atoms with Gasteiger partial charge in [-0.25, -0.2) is 9.13 Å². The summed E-state index contributed by atoms with van der Waals surface area (Å²) < 4.78 is 31.6. The highest BCUT2D eigenvalue weighted by Gasteiger charge is 2.23. The molecule has 1 unspecified atom stereocenters. The number of fused-ring (bicyclic) bond motifs is 1. The van der Waals surface area contributed by atoms with Gasteiger partial charge in [0.2, 0.25) is 0 Å². The first-order valence-corrected chi connectivity index (χ1v) is 11.0. The van der Waals surface area contributed by atoms with Crippen molar-refractivity contribution in [3.63, 3.8) is 0 Å². The van der Waals surface area contributed by atoms with Gasteiger partial charge in [-0.2, -0.15) is 0 Å². The Bertz CT molecular complexity index is 793. The van der Waals surface area contributed by atoms with Crippen molar-refractivity contribution in [3.05, 3.63) is 24.0 Å². The van der Waals surface area contributed by atoms with Crippen LogP contribution in [0.5, 0.6) is 5.75 Å². The summed E-state index contributed by atoms with van der Waals surface area (Å²) in [6, 6.07) is 5.87. The Morgan fingerprint density at radius 1 is 1.30 bits per heavy atom. The highest BCUT2D eigenvalue weighted by Crippen LogP contribution is 2.37. The molecule has 27 heavy (non-hydrogen) atoms. The fourth-order valence-corrected chi connectivity index (χ4v) is 4.21. The number of benzene rings is 1. The van der Waals surface area contributed by atoms with Gasteiger partial charge in [0, 0.05) is 19.3 Å².